The molecule has 10 heteroatoms. The lowest BCUT2D eigenvalue weighted by Gasteiger charge is -2.11. The Morgan fingerprint density at radius 3 is 2.48 bits per heavy atom. The molecule has 0 aliphatic rings. The number of ether oxygens (including phenoxy) is 1. The van der Waals surface area contributed by atoms with Gasteiger partial charge in [0.1, 0.15) is 6.61 Å². The van der Waals surface area contributed by atoms with E-state index in [9.17, 15) is 14.4 Å². The van der Waals surface area contributed by atoms with Gasteiger partial charge in [0.15, 0.2) is 11.4 Å². The fraction of sp³-hybridized carbons (Fsp3) is 0.133. The average molecular weight is 365 g/mol. The molecule has 0 bridgehead atoms. The molecule has 0 atom stereocenters. The number of rotatable bonds is 6. The Balaban J connectivity index is 2.23. The SMILES string of the molecule is COCC(=O)Nc1ccc(Cl)c(NC(=O)c2nccnc2C(=O)O)c1. The van der Waals surface area contributed by atoms with E-state index in [0.717, 1.165) is 0 Å². The first-order valence-electron chi connectivity index (χ1n) is 6.86. The second kappa shape index (κ2) is 8.18. The highest BCUT2D eigenvalue weighted by molar-refractivity contribution is 6.34. The number of anilines is 2. The maximum Gasteiger partial charge on any atom is 0.356 e. The van der Waals surface area contributed by atoms with E-state index in [1.807, 2.05) is 0 Å². The molecule has 0 saturated carbocycles. The lowest BCUT2D eigenvalue weighted by molar-refractivity contribution is -0.119. The van der Waals surface area contributed by atoms with Crippen LogP contribution in [0.25, 0.3) is 0 Å². The van der Waals surface area contributed by atoms with Crippen LogP contribution in [0.4, 0.5) is 11.4 Å². The molecule has 1 aromatic carbocycles. The van der Waals surface area contributed by atoms with Crippen LogP contribution in [0.2, 0.25) is 5.02 Å². The molecule has 0 spiro atoms. The number of carbonyl (C=O) groups is 3. The molecule has 1 aromatic heterocycles. The summed E-state index contributed by atoms with van der Waals surface area (Å²) in [4.78, 5) is 42.3. The van der Waals surface area contributed by atoms with Gasteiger partial charge < -0.3 is 20.5 Å². The van der Waals surface area contributed by atoms with E-state index in [0.29, 0.717) is 5.69 Å². The molecule has 9 nitrogen and oxygen atoms in total. The van der Waals surface area contributed by atoms with Gasteiger partial charge in [-0.1, -0.05) is 11.6 Å². The molecule has 0 radical (unpaired) electrons. The van der Waals surface area contributed by atoms with Crippen molar-refractivity contribution in [3.8, 4) is 0 Å². The summed E-state index contributed by atoms with van der Waals surface area (Å²) in [6.07, 6.45) is 2.36. The lowest BCUT2D eigenvalue weighted by atomic mass is 10.2. The van der Waals surface area contributed by atoms with E-state index >= 15 is 0 Å². The quantitative estimate of drug-likeness (QED) is 0.710. The van der Waals surface area contributed by atoms with E-state index in [-0.39, 0.29) is 28.9 Å². The van der Waals surface area contributed by atoms with E-state index in [1.165, 1.54) is 37.7 Å². The standard InChI is InChI=1S/C15H13ClN4O5/c1-25-7-11(21)19-8-2-3-9(16)10(6-8)20-14(22)12-13(15(23)24)18-5-4-17-12/h2-6H,7H2,1H3,(H,19,21)(H,20,22)(H,23,24). The summed E-state index contributed by atoms with van der Waals surface area (Å²) in [6, 6.07) is 4.43. The van der Waals surface area contributed by atoms with Gasteiger partial charge in [0.05, 0.1) is 10.7 Å². The van der Waals surface area contributed by atoms with Crippen LogP contribution in [0.1, 0.15) is 21.0 Å². The largest absolute Gasteiger partial charge is 0.476 e. The predicted molar refractivity (Wildman–Crippen MR) is 88.9 cm³/mol. The number of carboxylic acid groups (broad SMARTS) is 1. The third-order valence-corrected chi connectivity index (χ3v) is 3.22. The number of nitrogens with one attached hydrogen (secondary N) is 2. The first-order valence-corrected chi connectivity index (χ1v) is 7.24. The number of hydrogen-bond donors (Lipinski definition) is 3. The smallest absolute Gasteiger partial charge is 0.356 e. The van der Waals surface area contributed by atoms with Gasteiger partial charge in [-0.05, 0) is 18.2 Å². The number of methoxy groups -OCH3 is 1. The number of halogens is 1. The van der Waals surface area contributed by atoms with E-state index < -0.39 is 17.6 Å². The molecule has 1 heterocycles. The Morgan fingerprint density at radius 1 is 1.16 bits per heavy atom. The van der Waals surface area contributed by atoms with Gasteiger partial charge >= 0.3 is 5.97 Å². The zero-order chi connectivity index (χ0) is 18.4. The van der Waals surface area contributed by atoms with Crippen LogP contribution < -0.4 is 10.6 Å². The van der Waals surface area contributed by atoms with Crippen LogP contribution in [0.5, 0.6) is 0 Å². The fourth-order valence-corrected chi connectivity index (χ4v) is 2.03. The number of aromatic nitrogens is 2. The molecule has 2 rings (SSSR count). The molecule has 0 unspecified atom stereocenters. The van der Waals surface area contributed by atoms with Gasteiger partial charge in [0, 0.05) is 25.2 Å². The Labute approximate surface area is 147 Å². The van der Waals surface area contributed by atoms with Crippen molar-refractivity contribution >= 4 is 40.8 Å². The van der Waals surface area contributed by atoms with Crippen molar-refractivity contribution in [2.24, 2.45) is 0 Å². The highest BCUT2D eigenvalue weighted by atomic mass is 35.5. The summed E-state index contributed by atoms with van der Waals surface area (Å²) in [5.41, 5.74) is -0.302. The molecule has 0 aliphatic heterocycles. The third kappa shape index (κ3) is 4.72. The van der Waals surface area contributed by atoms with Crippen molar-refractivity contribution in [1.82, 2.24) is 9.97 Å². The molecule has 0 fully saturated rings. The maximum absolute atomic E-state index is 12.3. The third-order valence-electron chi connectivity index (χ3n) is 2.89. The number of carbonyl (C=O) groups excluding carboxylic acids is 2. The van der Waals surface area contributed by atoms with Crippen molar-refractivity contribution in [3.05, 3.63) is 47.0 Å². The molecule has 2 amide bonds. The second-order valence-corrected chi connectivity index (χ2v) is 5.10. The van der Waals surface area contributed by atoms with Crippen molar-refractivity contribution in [2.75, 3.05) is 24.4 Å². The van der Waals surface area contributed by atoms with E-state index in [2.05, 4.69) is 20.6 Å². The molecule has 0 saturated heterocycles. The van der Waals surface area contributed by atoms with Crippen molar-refractivity contribution in [3.63, 3.8) is 0 Å². The number of nitrogens with zero attached hydrogens (tertiary/aromatic N) is 2. The number of benzene rings is 1. The van der Waals surface area contributed by atoms with Crippen LogP contribution in [0.15, 0.2) is 30.6 Å². The number of aromatic carboxylic acids is 1. The number of amides is 2. The zero-order valence-corrected chi connectivity index (χ0v) is 13.7. The highest BCUT2D eigenvalue weighted by Gasteiger charge is 2.20. The normalized spacial score (nSPS) is 10.2. The van der Waals surface area contributed by atoms with Crippen LogP contribution in [-0.2, 0) is 9.53 Å². The van der Waals surface area contributed by atoms with E-state index in [1.54, 1.807) is 0 Å². The van der Waals surface area contributed by atoms with Gasteiger partial charge in [-0.25, -0.2) is 14.8 Å². The van der Waals surface area contributed by atoms with Crippen molar-refractivity contribution < 1.29 is 24.2 Å². The van der Waals surface area contributed by atoms with Gasteiger partial charge in [-0.2, -0.15) is 0 Å². The van der Waals surface area contributed by atoms with Crippen LogP contribution >= 0.6 is 11.6 Å². The van der Waals surface area contributed by atoms with E-state index in [4.69, 9.17) is 21.4 Å². The first-order chi connectivity index (χ1) is 11.9. The number of carboxylic acids is 1. The van der Waals surface area contributed by atoms with Gasteiger partial charge in [0.2, 0.25) is 5.91 Å². The van der Waals surface area contributed by atoms with Crippen LogP contribution in [0.3, 0.4) is 0 Å². The minimum absolute atomic E-state index is 0.133. The molecule has 25 heavy (non-hydrogen) atoms. The zero-order valence-electron chi connectivity index (χ0n) is 12.9. The van der Waals surface area contributed by atoms with Gasteiger partial charge in [-0.3, -0.25) is 9.59 Å². The maximum atomic E-state index is 12.3. The minimum atomic E-state index is -1.38. The molecule has 0 aliphatic carbocycles. The van der Waals surface area contributed by atoms with Crippen LogP contribution in [-0.4, -0.2) is 46.6 Å². The topological polar surface area (TPSA) is 131 Å². The molecule has 130 valence electrons. The van der Waals surface area contributed by atoms with Gasteiger partial charge in [-0.15, -0.1) is 0 Å². The predicted octanol–water partition coefficient (Wildman–Crippen LogP) is 1.67. The monoisotopic (exact) mass is 364 g/mol. The fourth-order valence-electron chi connectivity index (χ4n) is 1.87. The Kier molecular flexibility index (Phi) is 5.98. The Morgan fingerprint density at radius 2 is 1.84 bits per heavy atom. The average Bonchev–Trinajstić information content (AvgIpc) is 2.58. The summed E-state index contributed by atoms with van der Waals surface area (Å²) in [6.45, 7) is -0.133. The second-order valence-electron chi connectivity index (χ2n) is 4.69. The molecule has 3 N–H and O–H groups in total. The number of hydrogen-bond acceptors (Lipinski definition) is 6. The summed E-state index contributed by atoms with van der Waals surface area (Å²) >= 11 is 6.02. The summed E-state index contributed by atoms with van der Waals surface area (Å²) in [5.74, 6) is -2.57. The molecule has 2 aromatic rings. The highest BCUT2D eigenvalue weighted by Crippen LogP contribution is 2.26. The molecular weight excluding hydrogens is 352 g/mol. The van der Waals surface area contributed by atoms with Crippen molar-refractivity contribution in [2.45, 2.75) is 0 Å². The summed E-state index contributed by atoms with van der Waals surface area (Å²) < 4.78 is 4.71. The van der Waals surface area contributed by atoms with Gasteiger partial charge in [0.25, 0.3) is 5.91 Å². The molecular formula is C15H13ClN4O5. The Hall–Kier alpha value is -3.04. The minimum Gasteiger partial charge on any atom is -0.476 e. The van der Waals surface area contributed by atoms with Crippen molar-refractivity contribution in [1.29, 1.82) is 0 Å². The summed E-state index contributed by atoms with van der Waals surface area (Å²) in [7, 11) is 1.38. The Bertz CT molecular complexity index is 827. The van der Waals surface area contributed by atoms with Crippen LogP contribution in [0, 0.1) is 0 Å². The summed E-state index contributed by atoms with van der Waals surface area (Å²) in [5, 5.41) is 14.3. The first kappa shape index (κ1) is 18.3. The lowest BCUT2D eigenvalue weighted by Crippen LogP contribution is -2.20.